The molecule has 1 amide bonds. The molecule has 6 nitrogen and oxygen atoms in total. The van der Waals surface area contributed by atoms with E-state index in [4.69, 9.17) is 5.11 Å². The number of benzene rings is 1. The highest BCUT2D eigenvalue weighted by atomic mass is 16.4. The fraction of sp³-hybridized carbons (Fsp3) is 0.353. The van der Waals surface area contributed by atoms with E-state index in [1.165, 1.54) is 10.5 Å². The first-order valence-electron chi connectivity index (χ1n) is 7.56. The maximum absolute atomic E-state index is 12.4. The van der Waals surface area contributed by atoms with Crippen LogP contribution in [0.5, 0.6) is 0 Å². The van der Waals surface area contributed by atoms with Gasteiger partial charge in [-0.2, -0.15) is 5.10 Å². The number of hydrogen-bond donors (Lipinski definition) is 2. The second kappa shape index (κ2) is 7.09. The van der Waals surface area contributed by atoms with E-state index in [0.717, 1.165) is 11.1 Å². The van der Waals surface area contributed by atoms with Crippen LogP contribution in [0.2, 0.25) is 0 Å². The number of carbonyl (C=O) groups excluding carboxylic acids is 1. The van der Waals surface area contributed by atoms with Gasteiger partial charge in [0, 0.05) is 12.1 Å². The first-order chi connectivity index (χ1) is 10.9. The fourth-order valence-corrected chi connectivity index (χ4v) is 2.34. The summed E-state index contributed by atoms with van der Waals surface area (Å²) in [6, 6.07) is 7.64. The van der Waals surface area contributed by atoms with Gasteiger partial charge in [0.05, 0.1) is 5.69 Å². The van der Waals surface area contributed by atoms with Crippen molar-refractivity contribution in [2.24, 2.45) is 0 Å². The molecule has 0 unspecified atom stereocenters. The van der Waals surface area contributed by atoms with Gasteiger partial charge in [-0.15, -0.1) is 0 Å². The van der Waals surface area contributed by atoms with E-state index in [2.05, 4.69) is 10.2 Å². The van der Waals surface area contributed by atoms with Gasteiger partial charge in [0.1, 0.15) is 12.2 Å². The molecule has 0 saturated carbocycles. The summed E-state index contributed by atoms with van der Waals surface area (Å²) in [5, 5.41) is 15.8. The summed E-state index contributed by atoms with van der Waals surface area (Å²) < 4.78 is 0. The van der Waals surface area contributed by atoms with Gasteiger partial charge in [0.2, 0.25) is 0 Å². The minimum Gasteiger partial charge on any atom is -0.480 e. The summed E-state index contributed by atoms with van der Waals surface area (Å²) in [5.41, 5.74) is 4.23. The number of rotatable bonds is 6. The summed E-state index contributed by atoms with van der Waals surface area (Å²) >= 11 is 0. The molecule has 122 valence electrons. The van der Waals surface area contributed by atoms with Crippen LogP contribution in [0, 0.1) is 13.8 Å². The molecule has 0 aliphatic carbocycles. The van der Waals surface area contributed by atoms with E-state index in [1.54, 1.807) is 6.07 Å². The van der Waals surface area contributed by atoms with Crippen molar-refractivity contribution < 1.29 is 14.7 Å². The Balaban J connectivity index is 2.24. The second-order valence-electron chi connectivity index (χ2n) is 5.59. The van der Waals surface area contributed by atoms with Gasteiger partial charge in [-0.1, -0.05) is 19.1 Å². The third-order valence-corrected chi connectivity index (χ3v) is 3.72. The van der Waals surface area contributed by atoms with E-state index in [0.29, 0.717) is 24.4 Å². The van der Waals surface area contributed by atoms with Gasteiger partial charge >= 0.3 is 5.97 Å². The van der Waals surface area contributed by atoms with Crippen LogP contribution in [0.25, 0.3) is 11.3 Å². The van der Waals surface area contributed by atoms with Gasteiger partial charge in [-0.3, -0.25) is 14.7 Å². The van der Waals surface area contributed by atoms with Gasteiger partial charge in [0.25, 0.3) is 5.91 Å². The van der Waals surface area contributed by atoms with Crippen LogP contribution in [-0.4, -0.2) is 45.2 Å². The maximum Gasteiger partial charge on any atom is 0.323 e. The number of amides is 1. The quantitative estimate of drug-likeness (QED) is 0.858. The van der Waals surface area contributed by atoms with E-state index in [9.17, 15) is 9.59 Å². The lowest BCUT2D eigenvalue weighted by Crippen LogP contribution is -2.36. The Bertz CT molecular complexity index is 722. The van der Waals surface area contributed by atoms with Crippen LogP contribution in [0.3, 0.4) is 0 Å². The number of aliphatic carboxylic acids is 1. The number of H-pyrrole nitrogens is 1. The van der Waals surface area contributed by atoms with E-state index in [1.807, 2.05) is 39.0 Å². The Labute approximate surface area is 135 Å². The second-order valence-corrected chi connectivity index (χ2v) is 5.59. The van der Waals surface area contributed by atoms with Crippen molar-refractivity contribution >= 4 is 11.9 Å². The van der Waals surface area contributed by atoms with Crippen LogP contribution in [-0.2, 0) is 4.79 Å². The normalized spacial score (nSPS) is 10.6. The number of carboxylic acid groups (broad SMARTS) is 1. The number of nitrogens with zero attached hydrogens (tertiary/aromatic N) is 2. The van der Waals surface area contributed by atoms with Crippen LogP contribution in [0.1, 0.15) is 35.0 Å². The van der Waals surface area contributed by atoms with Crippen molar-refractivity contribution in [3.05, 3.63) is 41.1 Å². The van der Waals surface area contributed by atoms with Crippen molar-refractivity contribution in [3.63, 3.8) is 0 Å². The third kappa shape index (κ3) is 3.97. The molecule has 0 atom stereocenters. The Morgan fingerprint density at radius 2 is 1.96 bits per heavy atom. The maximum atomic E-state index is 12.4. The molecular formula is C17H21N3O3. The summed E-state index contributed by atoms with van der Waals surface area (Å²) in [7, 11) is 0. The average molecular weight is 315 g/mol. The highest BCUT2D eigenvalue weighted by Gasteiger charge is 2.20. The molecule has 0 fully saturated rings. The lowest BCUT2D eigenvalue weighted by Gasteiger charge is -2.18. The van der Waals surface area contributed by atoms with Crippen LogP contribution >= 0.6 is 0 Å². The predicted octanol–water partition coefficient (Wildman–Crippen LogP) is 2.63. The number of nitrogens with one attached hydrogen (secondary N) is 1. The largest absolute Gasteiger partial charge is 0.480 e. The highest BCUT2D eigenvalue weighted by Crippen LogP contribution is 2.21. The zero-order valence-electron chi connectivity index (χ0n) is 13.6. The number of aromatic amines is 1. The first-order valence-corrected chi connectivity index (χ1v) is 7.56. The lowest BCUT2D eigenvalue weighted by atomic mass is 10.0. The molecule has 2 aromatic rings. The number of carbonyl (C=O) groups is 2. The molecule has 2 N–H and O–H groups in total. The Hall–Kier alpha value is -2.63. The fourth-order valence-electron chi connectivity index (χ4n) is 2.34. The highest BCUT2D eigenvalue weighted by molar-refractivity contribution is 5.95. The predicted molar refractivity (Wildman–Crippen MR) is 87.3 cm³/mol. The SMILES string of the molecule is CCCN(CC(=O)O)C(=O)c1cc(-c2ccc(C)c(C)c2)n[nH]1. The first kappa shape index (κ1) is 16.7. The Morgan fingerprint density at radius 3 is 2.57 bits per heavy atom. The molecule has 6 heteroatoms. The molecule has 1 aromatic carbocycles. The summed E-state index contributed by atoms with van der Waals surface area (Å²) in [4.78, 5) is 24.6. The summed E-state index contributed by atoms with van der Waals surface area (Å²) in [5.74, 6) is -1.38. The van der Waals surface area contributed by atoms with Crippen molar-refractivity contribution in [3.8, 4) is 11.3 Å². The zero-order valence-corrected chi connectivity index (χ0v) is 13.6. The average Bonchev–Trinajstić information content (AvgIpc) is 2.98. The molecule has 0 saturated heterocycles. The molecule has 0 bridgehead atoms. The number of hydrogen-bond acceptors (Lipinski definition) is 3. The third-order valence-electron chi connectivity index (χ3n) is 3.72. The van der Waals surface area contributed by atoms with Crippen molar-refractivity contribution in [2.45, 2.75) is 27.2 Å². The summed E-state index contributed by atoms with van der Waals surface area (Å²) in [6.07, 6.45) is 0.692. The van der Waals surface area contributed by atoms with Gasteiger partial charge in [0.15, 0.2) is 0 Å². The van der Waals surface area contributed by atoms with Crippen LogP contribution in [0.4, 0.5) is 0 Å². The van der Waals surface area contributed by atoms with Gasteiger partial charge in [-0.25, -0.2) is 0 Å². The number of aromatic nitrogens is 2. The van der Waals surface area contributed by atoms with Crippen molar-refractivity contribution in [1.82, 2.24) is 15.1 Å². The minimum atomic E-state index is -1.03. The molecule has 0 radical (unpaired) electrons. The Morgan fingerprint density at radius 1 is 1.22 bits per heavy atom. The lowest BCUT2D eigenvalue weighted by molar-refractivity contribution is -0.137. The van der Waals surface area contributed by atoms with E-state index < -0.39 is 5.97 Å². The molecule has 1 aromatic heterocycles. The molecule has 23 heavy (non-hydrogen) atoms. The minimum absolute atomic E-state index is 0.299. The monoisotopic (exact) mass is 315 g/mol. The zero-order chi connectivity index (χ0) is 17.0. The van der Waals surface area contributed by atoms with Crippen molar-refractivity contribution in [2.75, 3.05) is 13.1 Å². The standard InChI is InChI=1S/C17H21N3O3/c1-4-7-20(10-16(21)22)17(23)15-9-14(18-19-15)13-6-5-11(2)12(3)8-13/h5-6,8-9H,4,7,10H2,1-3H3,(H,18,19)(H,21,22). The summed E-state index contributed by atoms with van der Waals surface area (Å²) in [6.45, 7) is 6.03. The van der Waals surface area contributed by atoms with Gasteiger partial charge < -0.3 is 10.0 Å². The number of aryl methyl sites for hydroxylation is 2. The van der Waals surface area contributed by atoms with Crippen LogP contribution in [0.15, 0.2) is 24.3 Å². The molecule has 0 aliphatic heterocycles. The number of carboxylic acids is 1. The van der Waals surface area contributed by atoms with Crippen molar-refractivity contribution in [1.29, 1.82) is 0 Å². The molecule has 0 spiro atoms. The van der Waals surface area contributed by atoms with E-state index >= 15 is 0 Å². The molecule has 1 heterocycles. The van der Waals surface area contributed by atoms with Crippen LogP contribution < -0.4 is 0 Å². The van der Waals surface area contributed by atoms with Gasteiger partial charge in [-0.05, 0) is 43.5 Å². The molecular weight excluding hydrogens is 294 g/mol. The van der Waals surface area contributed by atoms with E-state index in [-0.39, 0.29) is 12.5 Å². The molecule has 0 aliphatic rings. The molecule has 2 rings (SSSR count). The topological polar surface area (TPSA) is 86.3 Å². The smallest absolute Gasteiger partial charge is 0.323 e. The Kier molecular flexibility index (Phi) is 5.16.